The number of benzene rings is 2. The minimum absolute atomic E-state index is 0.129. The lowest BCUT2D eigenvalue weighted by Crippen LogP contribution is -2.48. The molecule has 1 aliphatic rings. The van der Waals surface area contributed by atoms with E-state index < -0.39 is 0 Å². The van der Waals surface area contributed by atoms with E-state index in [1.165, 1.54) is 0 Å². The molecule has 1 amide bonds. The van der Waals surface area contributed by atoms with Crippen molar-refractivity contribution in [2.45, 2.75) is 6.54 Å². The van der Waals surface area contributed by atoms with Crippen molar-refractivity contribution in [3.63, 3.8) is 0 Å². The lowest BCUT2D eigenvalue weighted by Gasteiger charge is -2.34. The quantitative estimate of drug-likeness (QED) is 0.470. The normalized spacial score (nSPS) is 14.8. The number of carbonyl (C=O) groups excluding carboxylic acids is 1. The number of hydrogen-bond donors (Lipinski definition) is 0. The summed E-state index contributed by atoms with van der Waals surface area (Å²) in [4.78, 5) is 21.9. The van der Waals surface area contributed by atoms with E-state index in [2.05, 4.69) is 38.9 Å². The summed E-state index contributed by atoms with van der Waals surface area (Å²) in [5, 5.41) is 3.20. The maximum atomic E-state index is 12.8. The van der Waals surface area contributed by atoms with Crippen LogP contribution in [0.15, 0.2) is 53.9 Å². The lowest BCUT2D eigenvalue weighted by molar-refractivity contribution is 0.0627. The zero-order valence-electron chi connectivity index (χ0n) is 16.2. The maximum Gasteiger partial charge on any atom is 0.255 e. The van der Waals surface area contributed by atoms with Gasteiger partial charge in [-0.2, -0.15) is 0 Å². The average molecular weight is 519 g/mol. The van der Waals surface area contributed by atoms with E-state index in [0.717, 1.165) is 63.9 Å². The van der Waals surface area contributed by atoms with Crippen LogP contribution in [0.25, 0.3) is 11.3 Å². The van der Waals surface area contributed by atoms with Gasteiger partial charge in [0.2, 0.25) is 0 Å². The Labute approximate surface area is 188 Å². The van der Waals surface area contributed by atoms with Gasteiger partial charge in [-0.25, -0.2) is 4.98 Å². The van der Waals surface area contributed by atoms with Gasteiger partial charge in [-0.05, 0) is 46.9 Å². The predicted octanol–water partition coefficient (Wildman–Crippen LogP) is 4.38. The van der Waals surface area contributed by atoms with Crippen molar-refractivity contribution in [1.82, 2.24) is 14.8 Å². The van der Waals surface area contributed by atoms with Crippen LogP contribution in [0.4, 0.5) is 0 Å². The largest absolute Gasteiger partial charge is 0.497 e. The number of halogens is 1. The molecule has 1 aliphatic heterocycles. The highest BCUT2D eigenvalue weighted by molar-refractivity contribution is 14.1. The third-order valence-electron chi connectivity index (χ3n) is 5.04. The molecule has 1 saturated heterocycles. The molecule has 29 heavy (non-hydrogen) atoms. The molecule has 0 radical (unpaired) electrons. The van der Waals surface area contributed by atoms with E-state index in [1.54, 1.807) is 18.4 Å². The third kappa shape index (κ3) is 4.79. The molecule has 0 aliphatic carbocycles. The van der Waals surface area contributed by atoms with Gasteiger partial charge in [0.05, 0.1) is 24.9 Å². The molecule has 4 rings (SSSR count). The smallest absolute Gasteiger partial charge is 0.255 e. The number of amides is 1. The summed E-state index contributed by atoms with van der Waals surface area (Å²) in [5.41, 5.74) is 2.85. The van der Waals surface area contributed by atoms with Crippen LogP contribution >= 0.6 is 33.9 Å². The Balaban J connectivity index is 1.35. The Kier molecular flexibility index (Phi) is 6.46. The first-order chi connectivity index (χ1) is 14.1. The van der Waals surface area contributed by atoms with Crippen LogP contribution in [0.5, 0.6) is 5.75 Å². The number of thiazole rings is 1. The fourth-order valence-electron chi connectivity index (χ4n) is 3.40. The monoisotopic (exact) mass is 519 g/mol. The SMILES string of the molecule is COc1cccc(-c2csc(CN3CCN(C(=O)c4ccccc4I)CC3)n2)c1. The van der Waals surface area contributed by atoms with E-state index in [-0.39, 0.29) is 5.91 Å². The van der Waals surface area contributed by atoms with E-state index in [0.29, 0.717) is 0 Å². The average Bonchev–Trinajstić information content (AvgIpc) is 3.23. The van der Waals surface area contributed by atoms with Gasteiger partial charge in [0, 0.05) is 40.7 Å². The van der Waals surface area contributed by atoms with Crippen molar-refractivity contribution in [3.8, 4) is 17.0 Å². The zero-order chi connectivity index (χ0) is 20.2. The highest BCUT2D eigenvalue weighted by Crippen LogP contribution is 2.26. The van der Waals surface area contributed by atoms with Gasteiger partial charge < -0.3 is 9.64 Å². The van der Waals surface area contributed by atoms with Crippen LogP contribution in [0.1, 0.15) is 15.4 Å². The van der Waals surface area contributed by atoms with E-state index in [1.807, 2.05) is 47.4 Å². The first kappa shape index (κ1) is 20.3. The summed E-state index contributed by atoms with van der Waals surface area (Å²) in [7, 11) is 1.68. The Bertz CT molecular complexity index is 999. The van der Waals surface area contributed by atoms with Crippen molar-refractivity contribution >= 4 is 39.8 Å². The first-order valence-corrected chi connectivity index (χ1v) is 11.4. The van der Waals surface area contributed by atoms with Crippen molar-refractivity contribution in [2.75, 3.05) is 33.3 Å². The van der Waals surface area contributed by atoms with Crippen molar-refractivity contribution in [1.29, 1.82) is 0 Å². The van der Waals surface area contributed by atoms with Crippen LogP contribution in [-0.4, -0.2) is 54.0 Å². The van der Waals surface area contributed by atoms with Gasteiger partial charge in [0.15, 0.2) is 0 Å². The number of carbonyl (C=O) groups is 1. The van der Waals surface area contributed by atoms with Gasteiger partial charge in [0.25, 0.3) is 5.91 Å². The van der Waals surface area contributed by atoms with Crippen LogP contribution in [0, 0.1) is 3.57 Å². The molecule has 0 N–H and O–H groups in total. The van der Waals surface area contributed by atoms with Gasteiger partial charge in [0.1, 0.15) is 10.8 Å². The second-order valence-corrected chi connectivity index (χ2v) is 9.01. The highest BCUT2D eigenvalue weighted by atomic mass is 127. The summed E-state index contributed by atoms with van der Waals surface area (Å²) in [5.74, 6) is 0.968. The Hall–Kier alpha value is -1.97. The molecule has 1 aromatic heterocycles. The van der Waals surface area contributed by atoms with Gasteiger partial charge in [-0.3, -0.25) is 9.69 Å². The van der Waals surface area contributed by atoms with Crippen LogP contribution in [0.3, 0.4) is 0 Å². The molecule has 3 aromatic rings. The molecule has 2 heterocycles. The van der Waals surface area contributed by atoms with Gasteiger partial charge >= 0.3 is 0 Å². The maximum absolute atomic E-state index is 12.8. The Morgan fingerprint density at radius 1 is 1.14 bits per heavy atom. The van der Waals surface area contributed by atoms with Crippen molar-refractivity contribution < 1.29 is 9.53 Å². The van der Waals surface area contributed by atoms with Crippen LogP contribution in [-0.2, 0) is 6.54 Å². The van der Waals surface area contributed by atoms with Gasteiger partial charge in [-0.1, -0.05) is 24.3 Å². The molecular weight excluding hydrogens is 497 g/mol. The third-order valence-corrected chi connectivity index (χ3v) is 6.81. The molecule has 5 nitrogen and oxygen atoms in total. The number of ether oxygens (including phenoxy) is 1. The molecule has 0 spiro atoms. The summed E-state index contributed by atoms with van der Waals surface area (Å²) in [6.45, 7) is 4.04. The van der Waals surface area contributed by atoms with Crippen LogP contribution < -0.4 is 4.74 Å². The molecule has 150 valence electrons. The number of methoxy groups -OCH3 is 1. The zero-order valence-corrected chi connectivity index (χ0v) is 19.2. The molecule has 1 fully saturated rings. The van der Waals surface area contributed by atoms with E-state index in [4.69, 9.17) is 9.72 Å². The van der Waals surface area contributed by atoms with E-state index >= 15 is 0 Å². The highest BCUT2D eigenvalue weighted by Gasteiger charge is 2.23. The molecule has 7 heteroatoms. The fraction of sp³-hybridized carbons (Fsp3) is 0.273. The standard InChI is InChI=1S/C22H22IN3O2S/c1-28-17-6-4-5-16(13-17)20-15-29-21(24-20)14-25-9-11-26(12-10-25)22(27)18-7-2-3-8-19(18)23/h2-8,13,15H,9-12,14H2,1H3. The summed E-state index contributed by atoms with van der Waals surface area (Å²) < 4.78 is 6.31. The number of aromatic nitrogens is 1. The number of piperazine rings is 1. The molecular formula is C22H22IN3O2S. The molecule has 0 saturated carbocycles. The minimum atomic E-state index is 0.129. The summed E-state index contributed by atoms with van der Waals surface area (Å²) in [6, 6.07) is 15.8. The lowest BCUT2D eigenvalue weighted by atomic mass is 10.1. The molecule has 0 unspecified atom stereocenters. The molecule has 0 atom stereocenters. The van der Waals surface area contributed by atoms with Crippen molar-refractivity contribution in [3.05, 3.63) is 68.1 Å². The minimum Gasteiger partial charge on any atom is -0.497 e. The Morgan fingerprint density at radius 3 is 2.69 bits per heavy atom. The number of rotatable bonds is 5. The molecule has 2 aromatic carbocycles. The van der Waals surface area contributed by atoms with Crippen LogP contribution in [0.2, 0.25) is 0 Å². The summed E-state index contributed by atoms with van der Waals surface area (Å²) >= 11 is 3.91. The first-order valence-electron chi connectivity index (χ1n) is 9.49. The predicted molar refractivity (Wildman–Crippen MR) is 124 cm³/mol. The fourth-order valence-corrected chi connectivity index (χ4v) is 4.87. The van der Waals surface area contributed by atoms with Gasteiger partial charge in [-0.15, -0.1) is 11.3 Å². The topological polar surface area (TPSA) is 45.7 Å². The second kappa shape index (κ2) is 9.23. The molecule has 0 bridgehead atoms. The number of nitrogens with zero attached hydrogens (tertiary/aromatic N) is 3. The van der Waals surface area contributed by atoms with Crippen molar-refractivity contribution in [2.24, 2.45) is 0 Å². The van der Waals surface area contributed by atoms with E-state index in [9.17, 15) is 4.79 Å². The number of hydrogen-bond acceptors (Lipinski definition) is 5. The second-order valence-electron chi connectivity index (χ2n) is 6.91. The summed E-state index contributed by atoms with van der Waals surface area (Å²) in [6.07, 6.45) is 0. The Morgan fingerprint density at radius 2 is 1.93 bits per heavy atom.